The highest BCUT2D eigenvalue weighted by molar-refractivity contribution is 9.10. The molecule has 1 heterocycles. The summed E-state index contributed by atoms with van der Waals surface area (Å²) in [5, 5.41) is 12.0. The Labute approximate surface area is 119 Å². The summed E-state index contributed by atoms with van der Waals surface area (Å²) in [5.41, 5.74) is 2.61. The fourth-order valence-electron chi connectivity index (χ4n) is 1.70. The fraction of sp³-hybridized carbons (Fsp3) is 0.143. The van der Waals surface area contributed by atoms with E-state index in [0.29, 0.717) is 11.1 Å². The van der Waals surface area contributed by atoms with Crippen LogP contribution >= 0.6 is 15.9 Å². The van der Waals surface area contributed by atoms with Gasteiger partial charge in [-0.3, -0.25) is 9.78 Å². The molecule has 0 saturated carbocycles. The van der Waals surface area contributed by atoms with Crippen molar-refractivity contribution in [3.8, 4) is 0 Å². The summed E-state index contributed by atoms with van der Waals surface area (Å²) >= 11 is 3.42. The number of carbonyl (C=O) groups excluding carboxylic acids is 1. The second kappa shape index (κ2) is 5.95. The Kier molecular flexibility index (Phi) is 4.29. The topological polar surface area (TPSA) is 62.2 Å². The van der Waals surface area contributed by atoms with Crippen LogP contribution in [0.1, 0.15) is 21.5 Å². The summed E-state index contributed by atoms with van der Waals surface area (Å²) in [6, 6.07) is 7.22. The first-order valence-corrected chi connectivity index (χ1v) is 6.53. The minimum Gasteiger partial charge on any atom is -0.392 e. The quantitative estimate of drug-likeness (QED) is 0.914. The zero-order valence-electron chi connectivity index (χ0n) is 10.4. The maximum atomic E-state index is 12.2. The van der Waals surface area contributed by atoms with Gasteiger partial charge in [0.1, 0.15) is 0 Å². The molecule has 0 aliphatic rings. The Hall–Kier alpha value is -1.72. The van der Waals surface area contributed by atoms with E-state index < -0.39 is 0 Å². The van der Waals surface area contributed by atoms with E-state index in [9.17, 15) is 9.90 Å². The molecule has 1 amide bonds. The van der Waals surface area contributed by atoms with Crippen molar-refractivity contribution in [2.45, 2.75) is 13.5 Å². The molecular formula is C14H13BrN2O2. The highest BCUT2D eigenvalue weighted by Gasteiger charge is 2.12. The van der Waals surface area contributed by atoms with Crippen LogP contribution in [0.3, 0.4) is 0 Å². The van der Waals surface area contributed by atoms with Crippen molar-refractivity contribution in [1.29, 1.82) is 0 Å². The molecule has 5 heteroatoms. The predicted molar refractivity (Wildman–Crippen MR) is 77.0 cm³/mol. The van der Waals surface area contributed by atoms with Crippen LogP contribution in [0, 0.1) is 6.92 Å². The second-order valence-corrected chi connectivity index (χ2v) is 4.91. The number of hydrogen-bond donors (Lipinski definition) is 2. The van der Waals surface area contributed by atoms with Crippen molar-refractivity contribution in [3.63, 3.8) is 0 Å². The number of halogens is 1. The summed E-state index contributed by atoms with van der Waals surface area (Å²) in [7, 11) is 0. The van der Waals surface area contributed by atoms with Gasteiger partial charge < -0.3 is 10.4 Å². The van der Waals surface area contributed by atoms with Crippen molar-refractivity contribution in [3.05, 3.63) is 57.8 Å². The molecule has 1 aromatic heterocycles. The molecule has 19 heavy (non-hydrogen) atoms. The smallest absolute Gasteiger partial charge is 0.257 e. The molecular weight excluding hydrogens is 308 g/mol. The number of nitrogens with zero attached hydrogens (tertiary/aromatic N) is 1. The van der Waals surface area contributed by atoms with Crippen LogP contribution in [0.25, 0.3) is 0 Å². The lowest BCUT2D eigenvalue weighted by Gasteiger charge is -2.11. The van der Waals surface area contributed by atoms with Crippen molar-refractivity contribution in [1.82, 2.24) is 4.98 Å². The van der Waals surface area contributed by atoms with E-state index in [4.69, 9.17) is 0 Å². The zero-order chi connectivity index (χ0) is 13.8. The molecule has 2 rings (SSSR count). The minimum absolute atomic E-state index is 0.192. The minimum atomic E-state index is -0.279. The van der Waals surface area contributed by atoms with Crippen LogP contribution in [0.5, 0.6) is 0 Å². The van der Waals surface area contributed by atoms with Gasteiger partial charge in [-0.2, -0.15) is 0 Å². The number of aromatic nitrogens is 1. The molecule has 0 spiro atoms. The summed E-state index contributed by atoms with van der Waals surface area (Å²) in [5.74, 6) is -0.279. The van der Waals surface area contributed by atoms with Gasteiger partial charge in [-0.05, 0) is 36.2 Å². The van der Waals surface area contributed by atoms with Gasteiger partial charge in [0, 0.05) is 22.6 Å². The van der Waals surface area contributed by atoms with E-state index >= 15 is 0 Å². The molecule has 0 radical (unpaired) electrons. The zero-order valence-corrected chi connectivity index (χ0v) is 11.9. The summed E-state index contributed by atoms with van der Waals surface area (Å²) in [6.07, 6.45) is 3.00. The molecule has 0 aliphatic carbocycles. The number of aliphatic hydroxyl groups excluding tert-OH is 1. The van der Waals surface area contributed by atoms with Crippen LogP contribution in [-0.4, -0.2) is 16.0 Å². The predicted octanol–water partition coefficient (Wildman–Crippen LogP) is 2.90. The van der Waals surface area contributed by atoms with Crippen molar-refractivity contribution in [2.75, 3.05) is 5.32 Å². The van der Waals surface area contributed by atoms with E-state index in [1.165, 1.54) is 6.20 Å². The summed E-state index contributed by atoms with van der Waals surface area (Å²) in [4.78, 5) is 16.1. The normalized spacial score (nSPS) is 10.3. The van der Waals surface area contributed by atoms with E-state index in [1.807, 2.05) is 25.1 Å². The lowest BCUT2D eigenvalue weighted by Crippen LogP contribution is -2.15. The van der Waals surface area contributed by atoms with E-state index in [2.05, 4.69) is 26.2 Å². The first-order chi connectivity index (χ1) is 9.13. The van der Waals surface area contributed by atoms with E-state index in [-0.39, 0.29) is 12.5 Å². The largest absolute Gasteiger partial charge is 0.392 e. The highest BCUT2D eigenvalue weighted by Crippen LogP contribution is 2.24. The molecule has 98 valence electrons. The molecule has 0 bridgehead atoms. The van der Waals surface area contributed by atoms with Crippen LogP contribution in [0.4, 0.5) is 5.69 Å². The molecule has 0 unspecified atom stereocenters. The maximum absolute atomic E-state index is 12.2. The standard InChI is InChI=1S/C14H13BrN2O2/c1-9-12(15)3-2-4-13(9)17-14(19)11-7-16-6-5-10(11)8-18/h2-7,18H,8H2,1H3,(H,17,19). The van der Waals surface area contributed by atoms with Crippen LogP contribution in [-0.2, 0) is 6.61 Å². The van der Waals surface area contributed by atoms with Gasteiger partial charge in [0.05, 0.1) is 12.2 Å². The Morgan fingerprint density at radius 3 is 2.95 bits per heavy atom. The van der Waals surface area contributed by atoms with Gasteiger partial charge in [-0.1, -0.05) is 22.0 Å². The molecule has 4 nitrogen and oxygen atoms in total. The van der Waals surface area contributed by atoms with Gasteiger partial charge >= 0.3 is 0 Å². The van der Waals surface area contributed by atoms with Crippen LogP contribution < -0.4 is 5.32 Å². The average Bonchev–Trinajstić information content (AvgIpc) is 2.43. The second-order valence-electron chi connectivity index (χ2n) is 4.06. The van der Waals surface area contributed by atoms with Gasteiger partial charge in [0.25, 0.3) is 5.91 Å². The molecule has 0 fully saturated rings. The highest BCUT2D eigenvalue weighted by atomic mass is 79.9. The van der Waals surface area contributed by atoms with Crippen molar-refractivity contribution < 1.29 is 9.90 Å². The number of anilines is 1. The molecule has 0 aliphatic heterocycles. The SMILES string of the molecule is Cc1c(Br)cccc1NC(=O)c1cnccc1CO. The lowest BCUT2D eigenvalue weighted by atomic mass is 10.1. The van der Waals surface area contributed by atoms with Crippen LogP contribution in [0.2, 0.25) is 0 Å². The summed E-state index contributed by atoms with van der Waals surface area (Å²) in [6.45, 7) is 1.72. The van der Waals surface area contributed by atoms with E-state index in [0.717, 1.165) is 15.7 Å². The molecule has 0 atom stereocenters. The van der Waals surface area contributed by atoms with Gasteiger partial charge in [0.15, 0.2) is 0 Å². The Balaban J connectivity index is 2.28. The number of rotatable bonds is 3. The number of benzene rings is 1. The van der Waals surface area contributed by atoms with Crippen LogP contribution in [0.15, 0.2) is 41.1 Å². The Morgan fingerprint density at radius 1 is 1.42 bits per heavy atom. The molecule has 2 N–H and O–H groups in total. The third-order valence-corrected chi connectivity index (χ3v) is 3.70. The number of hydrogen-bond acceptors (Lipinski definition) is 3. The number of amides is 1. The van der Waals surface area contributed by atoms with E-state index in [1.54, 1.807) is 12.3 Å². The first kappa shape index (κ1) is 13.7. The van der Waals surface area contributed by atoms with Gasteiger partial charge in [-0.15, -0.1) is 0 Å². The van der Waals surface area contributed by atoms with Gasteiger partial charge in [-0.25, -0.2) is 0 Å². The monoisotopic (exact) mass is 320 g/mol. The maximum Gasteiger partial charge on any atom is 0.257 e. The average molecular weight is 321 g/mol. The summed E-state index contributed by atoms with van der Waals surface area (Å²) < 4.78 is 0.930. The Bertz CT molecular complexity index is 614. The fourth-order valence-corrected chi connectivity index (χ4v) is 2.06. The Morgan fingerprint density at radius 2 is 2.21 bits per heavy atom. The molecule has 1 aromatic carbocycles. The first-order valence-electron chi connectivity index (χ1n) is 5.73. The van der Waals surface area contributed by atoms with Gasteiger partial charge in [0.2, 0.25) is 0 Å². The van der Waals surface area contributed by atoms with Crippen molar-refractivity contribution in [2.24, 2.45) is 0 Å². The molecule has 2 aromatic rings. The lowest BCUT2D eigenvalue weighted by molar-refractivity contribution is 0.102. The third-order valence-electron chi connectivity index (χ3n) is 2.84. The number of nitrogens with one attached hydrogen (secondary N) is 1. The number of aliphatic hydroxyl groups is 1. The van der Waals surface area contributed by atoms with Crippen molar-refractivity contribution >= 4 is 27.5 Å². The number of carbonyl (C=O) groups is 1. The third kappa shape index (κ3) is 3.00. The molecule has 0 saturated heterocycles. The number of pyridine rings is 1.